The van der Waals surface area contributed by atoms with Crippen LogP contribution in [0.15, 0.2) is 33.5 Å². The van der Waals surface area contributed by atoms with Gasteiger partial charge in [-0.15, -0.1) is 5.10 Å². The van der Waals surface area contributed by atoms with E-state index in [1.54, 1.807) is 0 Å². The smallest absolute Gasteiger partial charge is 0.388 e. The first-order valence-corrected chi connectivity index (χ1v) is 7.20. The maximum absolute atomic E-state index is 12.9. The molecule has 2 rings (SSSR count). The minimum absolute atomic E-state index is 0.0591. The Bertz CT molecular complexity index is 676. The number of rotatable bonds is 7. The van der Waals surface area contributed by atoms with Gasteiger partial charge < -0.3 is 9.73 Å². The van der Waals surface area contributed by atoms with Crippen LogP contribution in [0.25, 0.3) is 11.5 Å². The number of unbranched alkanes of at least 4 members (excludes halogenated alkanes) is 2. The molecule has 1 aromatic carbocycles. The van der Waals surface area contributed by atoms with E-state index in [0.29, 0.717) is 12.1 Å². The van der Waals surface area contributed by atoms with Crippen molar-refractivity contribution in [2.75, 3.05) is 6.54 Å². The zero-order valence-corrected chi connectivity index (χ0v) is 12.3. The highest BCUT2D eigenvalue weighted by Gasteiger charge is 2.13. The van der Waals surface area contributed by atoms with Gasteiger partial charge in [-0.25, -0.2) is 9.18 Å². The van der Waals surface area contributed by atoms with Gasteiger partial charge in [0, 0.05) is 12.1 Å². The van der Waals surface area contributed by atoms with Crippen LogP contribution in [0.5, 0.6) is 0 Å². The van der Waals surface area contributed by atoms with Gasteiger partial charge >= 0.3 is 5.76 Å². The molecule has 0 unspecified atom stereocenters. The van der Waals surface area contributed by atoms with Crippen LogP contribution in [0.1, 0.15) is 26.2 Å². The zero-order valence-electron chi connectivity index (χ0n) is 12.3. The molecule has 0 atom stereocenters. The number of carbonyl (C=O) groups is 1. The van der Waals surface area contributed by atoms with Crippen LogP contribution < -0.4 is 11.1 Å². The number of carbonyl (C=O) groups excluding carboxylic acids is 1. The highest BCUT2D eigenvalue weighted by Crippen LogP contribution is 2.15. The summed E-state index contributed by atoms with van der Waals surface area (Å²) < 4.78 is 18.8. The molecule has 0 bridgehead atoms. The van der Waals surface area contributed by atoms with Crippen molar-refractivity contribution in [2.45, 2.75) is 32.7 Å². The Morgan fingerprint density at radius 1 is 1.32 bits per heavy atom. The van der Waals surface area contributed by atoms with Crippen LogP contribution in [0.3, 0.4) is 0 Å². The predicted octanol–water partition coefficient (Wildman–Crippen LogP) is 1.95. The molecule has 0 aliphatic rings. The van der Waals surface area contributed by atoms with E-state index in [9.17, 15) is 14.0 Å². The van der Waals surface area contributed by atoms with Crippen LogP contribution in [-0.4, -0.2) is 22.2 Å². The van der Waals surface area contributed by atoms with Crippen molar-refractivity contribution in [2.24, 2.45) is 0 Å². The largest absolute Gasteiger partial charge is 0.437 e. The molecule has 118 valence electrons. The number of nitrogens with zero attached hydrogens (tertiary/aromatic N) is 2. The second-order valence-corrected chi connectivity index (χ2v) is 4.89. The Labute approximate surface area is 126 Å². The summed E-state index contributed by atoms with van der Waals surface area (Å²) in [4.78, 5) is 23.4. The summed E-state index contributed by atoms with van der Waals surface area (Å²) in [5, 5.41) is 6.67. The zero-order chi connectivity index (χ0) is 15.9. The molecule has 6 nitrogen and oxygen atoms in total. The number of hydrogen-bond acceptors (Lipinski definition) is 4. The fourth-order valence-corrected chi connectivity index (χ4v) is 1.91. The summed E-state index contributed by atoms with van der Waals surface area (Å²) in [6.07, 6.45) is 3.01. The molecular weight excluding hydrogens is 289 g/mol. The van der Waals surface area contributed by atoms with Gasteiger partial charge in [0.1, 0.15) is 12.4 Å². The third-order valence-electron chi connectivity index (χ3n) is 3.09. The van der Waals surface area contributed by atoms with Crippen LogP contribution in [0, 0.1) is 5.82 Å². The van der Waals surface area contributed by atoms with Crippen LogP contribution >= 0.6 is 0 Å². The molecule has 1 N–H and O–H groups in total. The summed E-state index contributed by atoms with van der Waals surface area (Å²) in [5.41, 5.74) is 0.473. The van der Waals surface area contributed by atoms with Gasteiger partial charge in [0.25, 0.3) is 0 Å². The van der Waals surface area contributed by atoms with Gasteiger partial charge in [-0.05, 0) is 30.7 Å². The lowest BCUT2D eigenvalue weighted by atomic mass is 10.2. The molecule has 0 fully saturated rings. The maximum Gasteiger partial charge on any atom is 0.437 e. The third kappa shape index (κ3) is 4.28. The molecule has 7 heteroatoms. The lowest BCUT2D eigenvalue weighted by Gasteiger charge is -2.03. The summed E-state index contributed by atoms with van der Waals surface area (Å²) in [6.45, 7) is 2.45. The molecule has 0 saturated heterocycles. The van der Waals surface area contributed by atoms with Crippen LogP contribution in [0.4, 0.5) is 4.39 Å². The van der Waals surface area contributed by atoms with Gasteiger partial charge in [-0.2, -0.15) is 4.68 Å². The van der Waals surface area contributed by atoms with Crippen LogP contribution in [-0.2, 0) is 11.3 Å². The molecular formula is C15H18FN3O3. The molecule has 0 saturated carbocycles. The number of amides is 1. The van der Waals surface area contributed by atoms with Crippen molar-refractivity contribution in [3.05, 3.63) is 40.6 Å². The Morgan fingerprint density at radius 3 is 2.73 bits per heavy atom. The van der Waals surface area contributed by atoms with E-state index in [1.807, 2.05) is 0 Å². The van der Waals surface area contributed by atoms with Crippen molar-refractivity contribution < 1.29 is 13.6 Å². The highest BCUT2D eigenvalue weighted by atomic mass is 19.1. The van der Waals surface area contributed by atoms with Crippen molar-refractivity contribution >= 4 is 5.91 Å². The van der Waals surface area contributed by atoms with E-state index in [4.69, 9.17) is 4.42 Å². The molecule has 22 heavy (non-hydrogen) atoms. The summed E-state index contributed by atoms with van der Waals surface area (Å²) in [6, 6.07) is 5.40. The first kappa shape index (κ1) is 15.9. The summed E-state index contributed by atoms with van der Waals surface area (Å²) >= 11 is 0. The van der Waals surface area contributed by atoms with E-state index >= 15 is 0 Å². The molecule has 0 aliphatic carbocycles. The van der Waals surface area contributed by atoms with E-state index in [2.05, 4.69) is 17.3 Å². The van der Waals surface area contributed by atoms with Gasteiger partial charge in [0.2, 0.25) is 11.8 Å². The second kappa shape index (κ2) is 7.53. The third-order valence-corrected chi connectivity index (χ3v) is 3.09. The molecule has 0 aliphatic heterocycles. The number of aromatic nitrogens is 2. The van der Waals surface area contributed by atoms with Crippen LogP contribution in [0.2, 0.25) is 0 Å². The molecule has 1 heterocycles. The fraction of sp³-hybridized carbons (Fsp3) is 0.400. The molecule has 0 radical (unpaired) electrons. The number of hydrogen-bond donors (Lipinski definition) is 1. The predicted molar refractivity (Wildman–Crippen MR) is 78.7 cm³/mol. The lowest BCUT2D eigenvalue weighted by Crippen LogP contribution is -2.32. The Morgan fingerprint density at radius 2 is 2.05 bits per heavy atom. The van der Waals surface area contributed by atoms with Gasteiger partial charge in [0.15, 0.2) is 0 Å². The molecule has 1 amide bonds. The van der Waals surface area contributed by atoms with Gasteiger partial charge in [-0.1, -0.05) is 19.8 Å². The van der Waals surface area contributed by atoms with E-state index in [0.717, 1.165) is 23.9 Å². The van der Waals surface area contributed by atoms with Gasteiger partial charge in [-0.3, -0.25) is 4.79 Å². The first-order chi connectivity index (χ1) is 10.6. The Hall–Kier alpha value is -2.44. The minimum Gasteiger partial charge on any atom is -0.388 e. The van der Waals surface area contributed by atoms with Gasteiger partial charge in [0.05, 0.1) is 0 Å². The standard InChI is InChI=1S/C15H18FN3O3/c1-2-3-4-9-17-13(20)10-19-15(21)22-14(18-19)11-5-7-12(16)8-6-11/h5-8H,2-4,9-10H2,1H3,(H,17,20). The minimum atomic E-state index is -0.719. The SMILES string of the molecule is CCCCCNC(=O)Cn1nc(-c2ccc(F)cc2)oc1=O. The number of benzene rings is 1. The van der Waals surface area contributed by atoms with Crippen molar-refractivity contribution in [3.8, 4) is 11.5 Å². The van der Waals surface area contributed by atoms with Crippen molar-refractivity contribution in [1.82, 2.24) is 15.1 Å². The Balaban J connectivity index is 1.99. The number of nitrogens with one attached hydrogen (secondary N) is 1. The average molecular weight is 307 g/mol. The van der Waals surface area contributed by atoms with E-state index in [1.165, 1.54) is 24.3 Å². The topological polar surface area (TPSA) is 77.1 Å². The monoisotopic (exact) mass is 307 g/mol. The number of halogens is 1. The summed E-state index contributed by atoms with van der Waals surface area (Å²) in [5.74, 6) is -1.35. The summed E-state index contributed by atoms with van der Waals surface area (Å²) in [7, 11) is 0. The molecule has 1 aromatic heterocycles. The lowest BCUT2D eigenvalue weighted by molar-refractivity contribution is -0.121. The van der Waals surface area contributed by atoms with E-state index < -0.39 is 11.6 Å². The quantitative estimate of drug-likeness (QED) is 0.793. The molecule has 0 spiro atoms. The van der Waals surface area contributed by atoms with E-state index in [-0.39, 0.29) is 18.3 Å². The van der Waals surface area contributed by atoms with Crippen molar-refractivity contribution in [3.63, 3.8) is 0 Å². The molecule has 2 aromatic rings. The fourth-order valence-electron chi connectivity index (χ4n) is 1.91. The average Bonchev–Trinajstić information content (AvgIpc) is 2.85. The maximum atomic E-state index is 12.9. The Kier molecular flexibility index (Phi) is 5.46. The second-order valence-electron chi connectivity index (χ2n) is 4.89. The van der Waals surface area contributed by atoms with Crippen molar-refractivity contribution in [1.29, 1.82) is 0 Å². The normalized spacial score (nSPS) is 10.6. The highest BCUT2D eigenvalue weighted by molar-refractivity contribution is 5.75. The first-order valence-electron chi connectivity index (χ1n) is 7.20.